The van der Waals surface area contributed by atoms with Crippen LogP contribution in [-0.2, 0) is 4.79 Å². The highest BCUT2D eigenvalue weighted by Crippen LogP contribution is 2.10. The van der Waals surface area contributed by atoms with E-state index in [-0.39, 0.29) is 0 Å². The van der Waals surface area contributed by atoms with Crippen molar-refractivity contribution in [2.75, 3.05) is 19.6 Å². The summed E-state index contributed by atoms with van der Waals surface area (Å²) in [7, 11) is 0. The molecule has 1 atom stereocenters. The van der Waals surface area contributed by atoms with E-state index in [1.54, 1.807) is 0 Å². The van der Waals surface area contributed by atoms with Gasteiger partial charge in [0.25, 0.3) is 0 Å². The summed E-state index contributed by atoms with van der Waals surface area (Å²) in [5.74, 6) is 0. The zero-order chi connectivity index (χ0) is 10.2. The van der Waals surface area contributed by atoms with Crippen LogP contribution >= 0.6 is 0 Å². The van der Waals surface area contributed by atoms with Gasteiger partial charge in [-0.25, -0.2) is 0 Å². The van der Waals surface area contributed by atoms with Crippen LogP contribution < -0.4 is 5.32 Å². The number of amides is 1. The average molecular weight is 198 g/mol. The van der Waals surface area contributed by atoms with Crippen molar-refractivity contribution in [3.8, 4) is 0 Å². The van der Waals surface area contributed by atoms with Crippen molar-refractivity contribution in [1.82, 2.24) is 10.2 Å². The zero-order valence-electron chi connectivity index (χ0n) is 9.17. The molecule has 3 heteroatoms. The number of likely N-dealkylation sites (tertiary alicyclic amines) is 1. The molecule has 1 rings (SSSR count). The van der Waals surface area contributed by atoms with Crippen LogP contribution in [0.5, 0.6) is 0 Å². The molecular weight excluding hydrogens is 176 g/mol. The largest absolute Gasteiger partial charge is 0.355 e. The Morgan fingerprint density at radius 1 is 1.36 bits per heavy atom. The maximum atomic E-state index is 10.4. The molecule has 3 nitrogen and oxygen atoms in total. The lowest BCUT2D eigenvalue weighted by molar-refractivity contribution is -0.110. The van der Waals surface area contributed by atoms with Gasteiger partial charge in [-0.2, -0.15) is 0 Å². The second-order valence-electron chi connectivity index (χ2n) is 4.13. The first-order chi connectivity index (χ1) is 6.86. The third kappa shape index (κ3) is 4.09. The van der Waals surface area contributed by atoms with Gasteiger partial charge < -0.3 is 10.2 Å². The molecule has 0 aromatic heterocycles. The van der Waals surface area contributed by atoms with Gasteiger partial charge in [-0.15, -0.1) is 0 Å². The third-order valence-electron chi connectivity index (χ3n) is 2.87. The van der Waals surface area contributed by atoms with Crippen LogP contribution in [0.15, 0.2) is 0 Å². The van der Waals surface area contributed by atoms with Gasteiger partial charge in [0, 0.05) is 12.6 Å². The van der Waals surface area contributed by atoms with Gasteiger partial charge in [-0.3, -0.25) is 4.79 Å². The molecule has 0 spiro atoms. The lowest BCUT2D eigenvalue weighted by Gasteiger charge is -2.30. The number of carbonyl (C=O) groups is 1. The van der Waals surface area contributed by atoms with E-state index in [1.807, 2.05) is 0 Å². The molecule has 0 aromatic carbocycles. The van der Waals surface area contributed by atoms with E-state index < -0.39 is 0 Å². The Kier molecular flexibility index (Phi) is 5.60. The van der Waals surface area contributed by atoms with Crippen LogP contribution in [0, 0.1) is 0 Å². The number of piperidine rings is 1. The number of hydrogen-bond donors (Lipinski definition) is 1. The molecule has 1 aliphatic rings. The Bertz CT molecular complexity index is 155. The van der Waals surface area contributed by atoms with Crippen molar-refractivity contribution >= 4 is 6.41 Å². The Morgan fingerprint density at radius 2 is 2.07 bits per heavy atom. The van der Waals surface area contributed by atoms with E-state index in [0.717, 1.165) is 25.8 Å². The summed E-state index contributed by atoms with van der Waals surface area (Å²) < 4.78 is 0. The van der Waals surface area contributed by atoms with Crippen LogP contribution in [0.4, 0.5) is 0 Å². The SMILES string of the molecule is CCC[C@@H](CN1CCCCC1)NC=O. The summed E-state index contributed by atoms with van der Waals surface area (Å²) in [5.41, 5.74) is 0. The molecule has 0 bridgehead atoms. The van der Waals surface area contributed by atoms with E-state index in [4.69, 9.17) is 0 Å². The third-order valence-corrected chi connectivity index (χ3v) is 2.87. The van der Waals surface area contributed by atoms with Crippen molar-refractivity contribution in [3.63, 3.8) is 0 Å². The van der Waals surface area contributed by atoms with Crippen LogP contribution in [0.3, 0.4) is 0 Å². The van der Waals surface area contributed by atoms with Gasteiger partial charge in [0.05, 0.1) is 0 Å². The highest BCUT2D eigenvalue weighted by atomic mass is 16.1. The molecule has 1 amide bonds. The van der Waals surface area contributed by atoms with E-state index >= 15 is 0 Å². The molecule has 0 unspecified atom stereocenters. The molecule has 0 aliphatic carbocycles. The highest BCUT2D eigenvalue weighted by Gasteiger charge is 2.14. The molecule has 1 fully saturated rings. The highest BCUT2D eigenvalue weighted by molar-refractivity contribution is 5.46. The first kappa shape index (κ1) is 11.5. The van der Waals surface area contributed by atoms with Crippen molar-refractivity contribution in [1.29, 1.82) is 0 Å². The number of nitrogens with zero attached hydrogens (tertiary/aromatic N) is 1. The first-order valence-electron chi connectivity index (χ1n) is 5.79. The van der Waals surface area contributed by atoms with Gasteiger partial charge in [-0.1, -0.05) is 19.8 Å². The number of hydrogen-bond acceptors (Lipinski definition) is 2. The quantitative estimate of drug-likeness (QED) is 0.654. The minimum atomic E-state index is 0.357. The van der Waals surface area contributed by atoms with Crippen LogP contribution in [0.25, 0.3) is 0 Å². The van der Waals surface area contributed by atoms with E-state index in [1.165, 1.54) is 32.4 Å². The molecule has 0 radical (unpaired) electrons. The summed E-state index contributed by atoms with van der Waals surface area (Å²) in [6.07, 6.45) is 7.08. The number of rotatable bonds is 6. The molecule has 0 aromatic rings. The van der Waals surface area contributed by atoms with Crippen LogP contribution in [0.1, 0.15) is 39.0 Å². The molecule has 1 N–H and O–H groups in total. The predicted molar refractivity (Wildman–Crippen MR) is 58.2 cm³/mol. The van der Waals surface area contributed by atoms with Gasteiger partial charge in [0.15, 0.2) is 0 Å². The molecular formula is C11H22N2O. The average Bonchev–Trinajstić information content (AvgIpc) is 2.20. The van der Waals surface area contributed by atoms with Crippen LogP contribution in [-0.4, -0.2) is 37.0 Å². The van der Waals surface area contributed by atoms with Gasteiger partial charge >= 0.3 is 0 Å². The van der Waals surface area contributed by atoms with Gasteiger partial charge in [-0.05, 0) is 32.4 Å². The van der Waals surface area contributed by atoms with Crippen molar-refractivity contribution < 1.29 is 4.79 Å². The monoisotopic (exact) mass is 198 g/mol. The fraction of sp³-hybridized carbons (Fsp3) is 0.909. The van der Waals surface area contributed by atoms with Crippen molar-refractivity contribution in [3.05, 3.63) is 0 Å². The smallest absolute Gasteiger partial charge is 0.207 e. The minimum Gasteiger partial charge on any atom is -0.355 e. The van der Waals surface area contributed by atoms with Crippen molar-refractivity contribution in [2.24, 2.45) is 0 Å². The molecule has 82 valence electrons. The Hall–Kier alpha value is -0.570. The normalized spacial score (nSPS) is 20.4. The topological polar surface area (TPSA) is 32.3 Å². The molecule has 14 heavy (non-hydrogen) atoms. The fourth-order valence-corrected chi connectivity index (χ4v) is 2.13. The lowest BCUT2D eigenvalue weighted by atomic mass is 10.1. The summed E-state index contributed by atoms with van der Waals surface area (Å²) in [5, 5.41) is 2.91. The standard InChI is InChI=1S/C11H22N2O/c1-2-6-11(12-10-14)9-13-7-4-3-5-8-13/h10-11H,2-9H2,1H3,(H,12,14)/t11-/m0/s1. The Labute approximate surface area is 86.9 Å². The maximum absolute atomic E-state index is 10.4. The summed E-state index contributed by atoms with van der Waals surface area (Å²) in [6, 6.07) is 0.357. The second-order valence-corrected chi connectivity index (χ2v) is 4.13. The lowest BCUT2D eigenvalue weighted by Crippen LogP contribution is -2.42. The first-order valence-corrected chi connectivity index (χ1v) is 5.79. The van der Waals surface area contributed by atoms with E-state index in [2.05, 4.69) is 17.1 Å². The van der Waals surface area contributed by atoms with E-state index in [9.17, 15) is 4.79 Å². The molecule has 1 saturated heterocycles. The fourth-order valence-electron chi connectivity index (χ4n) is 2.13. The molecule has 0 saturated carbocycles. The second kappa shape index (κ2) is 6.82. The molecule has 1 aliphatic heterocycles. The number of carbonyl (C=O) groups excluding carboxylic acids is 1. The predicted octanol–water partition coefficient (Wildman–Crippen LogP) is 1.39. The zero-order valence-corrected chi connectivity index (χ0v) is 9.17. The summed E-state index contributed by atoms with van der Waals surface area (Å²) >= 11 is 0. The van der Waals surface area contributed by atoms with Gasteiger partial charge in [0.1, 0.15) is 0 Å². The van der Waals surface area contributed by atoms with Crippen molar-refractivity contribution in [2.45, 2.75) is 45.1 Å². The number of nitrogens with one attached hydrogen (secondary N) is 1. The van der Waals surface area contributed by atoms with E-state index in [0.29, 0.717) is 6.04 Å². The van der Waals surface area contributed by atoms with Gasteiger partial charge in [0.2, 0.25) is 6.41 Å². The minimum absolute atomic E-state index is 0.357. The summed E-state index contributed by atoms with van der Waals surface area (Å²) in [6.45, 7) is 5.61. The maximum Gasteiger partial charge on any atom is 0.207 e. The molecule has 1 heterocycles. The Balaban J connectivity index is 2.25. The van der Waals surface area contributed by atoms with Crippen LogP contribution in [0.2, 0.25) is 0 Å². The summed E-state index contributed by atoms with van der Waals surface area (Å²) in [4.78, 5) is 12.9. The Morgan fingerprint density at radius 3 is 2.64 bits per heavy atom.